The summed E-state index contributed by atoms with van der Waals surface area (Å²) < 4.78 is 42.5. The average molecular weight is 499 g/mol. The van der Waals surface area contributed by atoms with Gasteiger partial charge in [0.2, 0.25) is 5.82 Å². The van der Waals surface area contributed by atoms with Gasteiger partial charge in [0.15, 0.2) is 0 Å². The number of aromatic nitrogens is 3. The third-order valence-corrected chi connectivity index (χ3v) is 6.51. The minimum absolute atomic E-state index is 0.0169. The molecule has 0 radical (unpaired) electrons. The molecule has 0 bridgehead atoms. The van der Waals surface area contributed by atoms with Gasteiger partial charge < -0.3 is 9.88 Å². The number of nitrogens with one attached hydrogen (secondary N) is 1. The maximum Gasteiger partial charge on any atom is 0.449 e. The minimum atomic E-state index is -4.69. The monoisotopic (exact) mass is 498 g/mol. The second-order valence-electron chi connectivity index (χ2n) is 6.92. The summed E-state index contributed by atoms with van der Waals surface area (Å²) in [7, 11) is 0. The van der Waals surface area contributed by atoms with E-state index in [0.717, 1.165) is 15.1 Å². The Morgan fingerprint density at radius 2 is 1.84 bits per heavy atom. The molecule has 166 valence electrons. The second-order valence-corrected chi connectivity index (χ2v) is 8.67. The zero-order valence-electron chi connectivity index (χ0n) is 16.5. The number of carbonyl (C=O) groups excluding carboxylic acids is 1. The summed E-state index contributed by atoms with van der Waals surface area (Å²) in [6.45, 7) is 1.85. The Balaban J connectivity index is 1.76. The van der Waals surface area contributed by atoms with E-state index < -0.39 is 17.9 Å². The molecule has 2 aromatic carbocycles. The molecular weight excluding hydrogens is 484 g/mol. The summed E-state index contributed by atoms with van der Waals surface area (Å²) in [5.74, 6) is -1.73. The van der Waals surface area contributed by atoms with Crippen LogP contribution in [-0.2, 0) is 19.1 Å². The van der Waals surface area contributed by atoms with Crippen LogP contribution in [0.5, 0.6) is 0 Å². The molecule has 1 N–H and O–H groups in total. The minimum Gasteiger partial charge on any atom is -0.320 e. The van der Waals surface area contributed by atoms with Crippen LogP contribution in [0.15, 0.2) is 41.9 Å². The molecule has 2 heterocycles. The van der Waals surface area contributed by atoms with Crippen LogP contribution in [0.2, 0.25) is 10.0 Å². The molecule has 4 aromatic rings. The van der Waals surface area contributed by atoms with Crippen molar-refractivity contribution in [2.75, 3.05) is 5.32 Å². The van der Waals surface area contributed by atoms with Crippen LogP contribution in [0, 0.1) is 6.92 Å². The maximum absolute atomic E-state index is 13.8. The lowest BCUT2D eigenvalue weighted by molar-refractivity contribution is -0.146. The van der Waals surface area contributed by atoms with Gasteiger partial charge >= 0.3 is 6.18 Å². The molecule has 11 heteroatoms. The van der Waals surface area contributed by atoms with E-state index in [-0.39, 0.29) is 38.9 Å². The van der Waals surface area contributed by atoms with Gasteiger partial charge in [-0.25, -0.2) is 9.97 Å². The predicted molar refractivity (Wildman–Crippen MR) is 120 cm³/mol. The zero-order valence-corrected chi connectivity index (χ0v) is 18.8. The molecule has 32 heavy (non-hydrogen) atoms. The Kier molecular flexibility index (Phi) is 6.15. The van der Waals surface area contributed by atoms with Gasteiger partial charge in [0, 0.05) is 17.8 Å². The maximum atomic E-state index is 13.8. The number of anilines is 1. The quantitative estimate of drug-likeness (QED) is 0.336. The molecule has 2 aromatic heterocycles. The number of imidazole rings is 1. The summed E-state index contributed by atoms with van der Waals surface area (Å²) in [4.78, 5) is 21.8. The number of amides is 1. The number of rotatable bonds is 5. The molecule has 0 aliphatic carbocycles. The van der Waals surface area contributed by atoms with Crippen molar-refractivity contribution in [3.8, 4) is 0 Å². The molecular formula is C21H15Cl2F3N4OS. The van der Waals surface area contributed by atoms with Crippen molar-refractivity contribution in [2.24, 2.45) is 0 Å². The van der Waals surface area contributed by atoms with Crippen LogP contribution in [0.3, 0.4) is 0 Å². The third-order valence-electron chi connectivity index (χ3n) is 4.89. The number of thiazole rings is 1. The van der Waals surface area contributed by atoms with Crippen LogP contribution in [-0.4, -0.2) is 20.4 Å². The number of aryl methyl sites for hydroxylation is 3. The first-order valence-corrected chi connectivity index (χ1v) is 11.0. The molecule has 0 unspecified atom stereocenters. The van der Waals surface area contributed by atoms with Crippen molar-refractivity contribution in [2.45, 2.75) is 26.1 Å². The van der Waals surface area contributed by atoms with E-state index >= 15 is 0 Å². The Morgan fingerprint density at radius 1 is 1.16 bits per heavy atom. The smallest absolute Gasteiger partial charge is 0.320 e. The van der Waals surface area contributed by atoms with Gasteiger partial charge in [0.05, 0.1) is 38.0 Å². The fourth-order valence-corrected chi connectivity index (χ4v) is 4.61. The number of fused-ring (bicyclic) bond motifs is 1. The molecule has 0 atom stereocenters. The number of hydrogen-bond donors (Lipinski definition) is 1. The molecule has 4 rings (SSSR count). The summed E-state index contributed by atoms with van der Waals surface area (Å²) in [5, 5.41) is 2.99. The second kappa shape index (κ2) is 8.73. The molecule has 5 nitrogen and oxygen atoms in total. The summed E-state index contributed by atoms with van der Waals surface area (Å²) >= 11 is 13.6. The molecule has 0 aliphatic heterocycles. The first kappa shape index (κ1) is 22.6. The molecule has 0 spiro atoms. The van der Waals surface area contributed by atoms with Gasteiger partial charge in [-0.1, -0.05) is 35.3 Å². The number of hydrogen-bond acceptors (Lipinski definition) is 4. The van der Waals surface area contributed by atoms with Crippen LogP contribution in [0.4, 0.5) is 18.9 Å². The lowest BCUT2D eigenvalue weighted by Crippen LogP contribution is -2.16. The molecule has 0 saturated carbocycles. The first-order chi connectivity index (χ1) is 15.2. The van der Waals surface area contributed by atoms with Gasteiger partial charge in [0.25, 0.3) is 5.91 Å². The molecule has 0 saturated heterocycles. The summed E-state index contributed by atoms with van der Waals surface area (Å²) in [5.41, 5.74) is 2.75. The van der Waals surface area contributed by atoms with Gasteiger partial charge in [-0.15, -0.1) is 11.3 Å². The first-order valence-electron chi connectivity index (χ1n) is 9.37. The number of para-hydroxylation sites is 2. The SMILES string of the molecule is Cc1ncsc1CCn1c(C(F)(F)F)nc2c(C(=O)Nc3c(Cl)cccc3Cl)cccc21. The molecule has 0 fully saturated rings. The van der Waals surface area contributed by atoms with E-state index in [0.29, 0.717) is 6.42 Å². The van der Waals surface area contributed by atoms with Crippen LogP contribution in [0.1, 0.15) is 26.8 Å². The number of nitrogens with zero attached hydrogens (tertiary/aromatic N) is 3. The van der Waals surface area contributed by atoms with Crippen LogP contribution < -0.4 is 5.32 Å². The van der Waals surface area contributed by atoms with Gasteiger partial charge in [-0.05, 0) is 31.2 Å². The van der Waals surface area contributed by atoms with Crippen LogP contribution in [0.25, 0.3) is 11.0 Å². The zero-order chi connectivity index (χ0) is 23.0. The van der Waals surface area contributed by atoms with Crippen LogP contribution >= 0.6 is 34.5 Å². The summed E-state index contributed by atoms with van der Waals surface area (Å²) in [6.07, 6.45) is -4.34. The standard InChI is InChI=1S/C21H15Cl2F3N4OS/c1-11-16(32-10-27-11)8-9-30-15-7-2-4-12(17(15)29-20(30)21(24,25)26)19(31)28-18-13(22)5-3-6-14(18)23/h2-7,10H,8-9H2,1H3,(H,28,31). The lowest BCUT2D eigenvalue weighted by atomic mass is 10.1. The Morgan fingerprint density at radius 3 is 2.47 bits per heavy atom. The normalized spacial score (nSPS) is 11.8. The van der Waals surface area contributed by atoms with Crippen molar-refractivity contribution < 1.29 is 18.0 Å². The van der Waals surface area contributed by atoms with Crippen molar-refractivity contribution in [1.82, 2.24) is 14.5 Å². The fraction of sp³-hybridized carbons (Fsp3) is 0.190. The van der Waals surface area contributed by atoms with E-state index in [4.69, 9.17) is 23.2 Å². The Hall–Kier alpha value is -2.62. The van der Waals surface area contributed by atoms with Crippen molar-refractivity contribution in [3.63, 3.8) is 0 Å². The van der Waals surface area contributed by atoms with Crippen molar-refractivity contribution in [3.05, 3.63) is 73.9 Å². The Bertz CT molecular complexity index is 1300. The predicted octanol–water partition coefficient (Wildman–Crippen LogP) is 6.62. The van der Waals surface area contributed by atoms with Gasteiger partial charge in [0.1, 0.15) is 5.52 Å². The van der Waals surface area contributed by atoms with Gasteiger partial charge in [-0.3, -0.25) is 4.79 Å². The largest absolute Gasteiger partial charge is 0.449 e. The molecule has 0 aliphatic rings. The summed E-state index contributed by atoms with van der Waals surface area (Å²) in [6, 6.07) is 9.14. The van der Waals surface area contributed by atoms with Crippen molar-refractivity contribution in [1.29, 1.82) is 0 Å². The third kappa shape index (κ3) is 4.32. The van der Waals surface area contributed by atoms with E-state index in [9.17, 15) is 18.0 Å². The average Bonchev–Trinajstić information content (AvgIpc) is 3.32. The van der Waals surface area contributed by atoms with Gasteiger partial charge in [-0.2, -0.15) is 13.2 Å². The van der Waals surface area contributed by atoms with Crippen molar-refractivity contribution >= 4 is 57.2 Å². The highest BCUT2D eigenvalue weighted by Crippen LogP contribution is 2.34. The molecule has 1 amide bonds. The lowest BCUT2D eigenvalue weighted by Gasteiger charge is -2.11. The van der Waals surface area contributed by atoms with E-state index in [1.165, 1.54) is 29.5 Å². The van der Waals surface area contributed by atoms with E-state index in [2.05, 4.69) is 15.3 Å². The van der Waals surface area contributed by atoms with E-state index in [1.807, 2.05) is 6.92 Å². The highest BCUT2D eigenvalue weighted by molar-refractivity contribution is 7.09. The number of alkyl halides is 3. The highest BCUT2D eigenvalue weighted by atomic mass is 35.5. The number of halogens is 5. The topological polar surface area (TPSA) is 59.8 Å². The number of benzene rings is 2. The number of carbonyl (C=O) groups is 1. The Labute approximate surface area is 194 Å². The fourth-order valence-electron chi connectivity index (χ4n) is 3.35. The highest BCUT2D eigenvalue weighted by Gasteiger charge is 2.38. The van der Waals surface area contributed by atoms with E-state index in [1.54, 1.807) is 23.7 Å².